The Morgan fingerprint density at radius 3 is 2.65 bits per heavy atom. The standard InChI is InChI=1S/C17H18N2S/c1-11-5-4-6-14(7-11)10-20-17-18-15-8-12(2)13(3)9-16(15)19-17/h4-9H,10H2,1-3H3,(H,18,19). The van der Waals surface area contributed by atoms with Gasteiger partial charge in [-0.1, -0.05) is 41.6 Å². The van der Waals surface area contributed by atoms with Crippen LogP contribution in [0.1, 0.15) is 22.3 Å². The van der Waals surface area contributed by atoms with Crippen LogP contribution in [0.4, 0.5) is 0 Å². The molecule has 0 radical (unpaired) electrons. The molecule has 0 atom stereocenters. The van der Waals surface area contributed by atoms with E-state index in [9.17, 15) is 0 Å². The molecule has 1 N–H and O–H groups in total. The number of nitrogens with one attached hydrogen (secondary N) is 1. The molecule has 1 aromatic heterocycles. The second-order valence-corrected chi connectivity index (χ2v) is 6.24. The molecule has 2 aromatic carbocycles. The Bertz CT molecular complexity index is 720. The van der Waals surface area contributed by atoms with Gasteiger partial charge in [0.1, 0.15) is 0 Å². The van der Waals surface area contributed by atoms with E-state index in [0.717, 1.165) is 21.9 Å². The third-order valence-electron chi connectivity index (χ3n) is 3.53. The van der Waals surface area contributed by atoms with Crippen LogP contribution in [0.25, 0.3) is 11.0 Å². The van der Waals surface area contributed by atoms with Crippen LogP contribution in [-0.4, -0.2) is 9.97 Å². The van der Waals surface area contributed by atoms with Crippen LogP contribution in [0, 0.1) is 20.8 Å². The van der Waals surface area contributed by atoms with Gasteiger partial charge in [-0.25, -0.2) is 4.98 Å². The molecular formula is C17H18N2S. The maximum Gasteiger partial charge on any atom is 0.166 e. The van der Waals surface area contributed by atoms with Crippen LogP contribution in [-0.2, 0) is 5.75 Å². The lowest BCUT2D eigenvalue weighted by atomic mass is 10.1. The van der Waals surface area contributed by atoms with E-state index in [1.807, 2.05) is 0 Å². The molecule has 0 aliphatic rings. The molecule has 0 amide bonds. The highest BCUT2D eigenvalue weighted by Crippen LogP contribution is 2.25. The predicted molar refractivity (Wildman–Crippen MR) is 86.3 cm³/mol. The normalized spacial score (nSPS) is 11.2. The number of nitrogens with zero attached hydrogens (tertiary/aromatic N) is 1. The van der Waals surface area contributed by atoms with Gasteiger partial charge >= 0.3 is 0 Å². The first-order valence-corrected chi connectivity index (χ1v) is 7.76. The summed E-state index contributed by atoms with van der Waals surface area (Å²) in [5.41, 5.74) is 7.41. The van der Waals surface area contributed by atoms with Gasteiger partial charge in [-0.15, -0.1) is 0 Å². The van der Waals surface area contributed by atoms with E-state index in [0.29, 0.717) is 0 Å². The number of thioether (sulfide) groups is 1. The number of imidazole rings is 1. The van der Waals surface area contributed by atoms with Crippen molar-refractivity contribution in [3.63, 3.8) is 0 Å². The molecular weight excluding hydrogens is 264 g/mol. The van der Waals surface area contributed by atoms with E-state index in [4.69, 9.17) is 0 Å². The molecule has 0 unspecified atom stereocenters. The van der Waals surface area contributed by atoms with Gasteiger partial charge < -0.3 is 4.98 Å². The monoisotopic (exact) mass is 282 g/mol. The van der Waals surface area contributed by atoms with Crippen molar-refractivity contribution >= 4 is 22.8 Å². The summed E-state index contributed by atoms with van der Waals surface area (Å²) in [6, 6.07) is 12.9. The minimum absolute atomic E-state index is 0.944. The Hall–Kier alpha value is -1.74. The maximum atomic E-state index is 4.66. The fourth-order valence-electron chi connectivity index (χ4n) is 2.27. The number of aromatic amines is 1. The lowest BCUT2D eigenvalue weighted by molar-refractivity contribution is 1.08. The fraction of sp³-hybridized carbons (Fsp3) is 0.235. The molecule has 3 rings (SSSR count). The number of hydrogen-bond acceptors (Lipinski definition) is 2. The van der Waals surface area contributed by atoms with Crippen LogP contribution in [0.15, 0.2) is 41.6 Å². The topological polar surface area (TPSA) is 28.7 Å². The molecule has 0 aliphatic heterocycles. The van der Waals surface area contributed by atoms with Crippen molar-refractivity contribution in [3.05, 3.63) is 58.7 Å². The number of rotatable bonds is 3. The van der Waals surface area contributed by atoms with Crippen molar-refractivity contribution in [2.45, 2.75) is 31.7 Å². The summed E-state index contributed by atoms with van der Waals surface area (Å²) < 4.78 is 0. The highest BCUT2D eigenvalue weighted by atomic mass is 32.2. The Morgan fingerprint density at radius 1 is 1.05 bits per heavy atom. The number of hydrogen-bond donors (Lipinski definition) is 1. The second kappa shape index (κ2) is 5.33. The van der Waals surface area contributed by atoms with Crippen LogP contribution in [0.3, 0.4) is 0 Å². The summed E-state index contributed by atoms with van der Waals surface area (Å²) in [6.45, 7) is 6.39. The van der Waals surface area contributed by atoms with E-state index in [2.05, 4.69) is 67.1 Å². The van der Waals surface area contributed by atoms with Crippen molar-refractivity contribution < 1.29 is 0 Å². The van der Waals surface area contributed by atoms with E-state index < -0.39 is 0 Å². The van der Waals surface area contributed by atoms with Gasteiger partial charge in [0.15, 0.2) is 5.16 Å². The van der Waals surface area contributed by atoms with Crippen LogP contribution in [0.2, 0.25) is 0 Å². The lowest BCUT2D eigenvalue weighted by Gasteiger charge is -2.00. The quantitative estimate of drug-likeness (QED) is 0.700. The number of benzene rings is 2. The zero-order valence-electron chi connectivity index (χ0n) is 12.0. The SMILES string of the molecule is Cc1cccc(CSc2nc3cc(C)c(C)cc3[nH]2)c1. The average molecular weight is 282 g/mol. The van der Waals surface area contributed by atoms with E-state index in [1.54, 1.807) is 11.8 Å². The molecule has 3 heteroatoms. The number of aryl methyl sites for hydroxylation is 3. The minimum atomic E-state index is 0.944. The van der Waals surface area contributed by atoms with Gasteiger partial charge in [-0.2, -0.15) is 0 Å². The largest absolute Gasteiger partial charge is 0.333 e. The maximum absolute atomic E-state index is 4.66. The first kappa shape index (κ1) is 13.3. The molecule has 0 aliphatic carbocycles. The molecule has 0 spiro atoms. The lowest BCUT2D eigenvalue weighted by Crippen LogP contribution is -1.82. The molecule has 0 saturated heterocycles. The zero-order chi connectivity index (χ0) is 14.1. The molecule has 0 fully saturated rings. The second-order valence-electron chi connectivity index (χ2n) is 5.27. The molecule has 102 valence electrons. The average Bonchev–Trinajstić information content (AvgIpc) is 2.79. The Labute approximate surface area is 123 Å². The molecule has 1 heterocycles. The van der Waals surface area contributed by atoms with Crippen molar-refractivity contribution in [2.75, 3.05) is 0 Å². The molecule has 0 saturated carbocycles. The number of fused-ring (bicyclic) bond motifs is 1. The fourth-order valence-corrected chi connectivity index (χ4v) is 3.10. The summed E-state index contributed by atoms with van der Waals surface area (Å²) in [7, 11) is 0. The van der Waals surface area contributed by atoms with Gasteiger partial charge in [0.2, 0.25) is 0 Å². The first-order chi connectivity index (χ1) is 9.61. The van der Waals surface area contributed by atoms with Gasteiger partial charge in [-0.05, 0) is 49.6 Å². The third kappa shape index (κ3) is 2.73. The van der Waals surface area contributed by atoms with Gasteiger partial charge in [-0.3, -0.25) is 0 Å². The number of H-pyrrole nitrogens is 1. The summed E-state index contributed by atoms with van der Waals surface area (Å²) in [6.07, 6.45) is 0. The molecule has 0 bridgehead atoms. The van der Waals surface area contributed by atoms with Crippen molar-refractivity contribution in [1.82, 2.24) is 9.97 Å². The van der Waals surface area contributed by atoms with Crippen molar-refractivity contribution in [1.29, 1.82) is 0 Å². The van der Waals surface area contributed by atoms with Crippen LogP contribution < -0.4 is 0 Å². The Kier molecular flexibility index (Phi) is 3.53. The molecule has 2 nitrogen and oxygen atoms in total. The summed E-state index contributed by atoms with van der Waals surface area (Å²) in [5, 5.41) is 0.992. The van der Waals surface area contributed by atoms with Gasteiger partial charge in [0.25, 0.3) is 0 Å². The highest BCUT2D eigenvalue weighted by molar-refractivity contribution is 7.98. The first-order valence-electron chi connectivity index (χ1n) is 6.77. The van der Waals surface area contributed by atoms with E-state index >= 15 is 0 Å². The van der Waals surface area contributed by atoms with Crippen molar-refractivity contribution in [3.8, 4) is 0 Å². The summed E-state index contributed by atoms with van der Waals surface area (Å²) in [4.78, 5) is 8.06. The Morgan fingerprint density at radius 2 is 1.85 bits per heavy atom. The zero-order valence-corrected chi connectivity index (χ0v) is 12.8. The smallest absolute Gasteiger partial charge is 0.166 e. The predicted octanol–water partition coefficient (Wildman–Crippen LogP) is 4.78. The number of aromatic nitrogens is 2. The van der Waals surface area contributed by atoms with Gasteiger partial charge in [0.05, 0.1) is 11.0 Å². The summed E-state index contributed by atoms with van der Waals surface area (Å²) >= 11 is 1.75. The third-order valence-corrected chi connectivity index (χ3v) is 4.48. The van der Waals surface area contributed by atoms with Crippen LogP contribution in [0.5, 0.6) is 0 Å². The van der Waals surface area contributed by atoms with Gasteiger partial charge in [0, 0.05) is 5.75 Å². The van der Waals surface area contributed by atoms with E-state index in [1.165, 1.54) is 22.3 Å². The Balaban J connectivity index is 1.81. The molecule has 20 heavy (non-hydrogen) atoms. The minimum Gasteiger partial charge on any atom is -0.333 e. The van der Waals surface area contributed by atoms with Crippen molar-refractivity contribution in [2.24, 2.45) is 0 Å². The van der Waals surface area contributed by atoms with E-state index in [-0.39, 0.29) is 0 Å². The molecule has 3 aromatic rings. The highest BCUT2D eigenvalue weighted by Gasteiger charge is 2.05. The van der Waals surface area contributed by atoms with Crippen LogP contribution >= 0.6 is 11.8 Å². The summed E-state index contributed by atoms with van der Waals surface area (Å²) in [5.74, 6) is 0.944.